The highest BCUT2D eigenvalue weighted by Crippen LogP contribution is 2.34. The summed E-state index contributed by atoms with van der Waals surface area (Å²) in [6.45, 7) is 2.77. The maximum atomic E-state index is 13.2. The van der Waals surface area contributed by atoms with E-state index < -0.39 is 10.0 Å². The number of para-hydroxylation sites is 1. The summed E-state index contributed by atoms with van der Waals surface area (Å²) in [4.78, 5) is 15.2. The number of hydrogen-bond donors (Lipinski definition) is 1. The third-order valence-electron chi connectivity index (χ3n) is 5.50. The fourth-order valence-corrected chi connectivity index (χ4v) is 5.02. The Hall–Kier alpha value is -3.12. The largest absolute Gasteiger partial charge is 0.332 e. The molecule has 1 unspecified atom stereocenters. The molecule has 3 aromatic rings. The molecular weight excluding hydrogens is 396 g/mol. The number of nitrogens with zero attached hydrogens (tertiary/aromatic N) is 1. The summed E-state index contributed by atoms with van der Waals surface area (Å²) >= 11 is 0. The third-order valence-corrected chi connectivity index (χ3v) is 6.90. The van der Waals surface area contributed by atoms with E-state index in [0.29, 0.717) is 17.8 Å². The van der Waals surface area contributed by atoms with Crippen LogP contribution in [-0.4, -0.2) is 25.8 Å². The van der Waals surface area contributed by atoms with Gasteiger partial charge >= 0.3 is 0 Å². The second-order valence-corrected chi connectivity index (χ2v) is 9.19. The average molecular weight is 421 g/mol. The van der Waals surface area contributed by atoms with Crippen LogP contribution in [0, 0.1) is 6.92 Å². The van der Waals surface area contributed by atoms with Gasteiger partial charge in [-0.3, -0.25) is 9.52 Å². The Bertz CT molecular complexity index is 1140. The van der Waals surface area contributed by atoms with E-state index in [1.54, 1.807) is 36.4 Å². The molecular formula is C24H24N2O3S. The van der Waals surface area contributed by atoms with Crippen LogP contribution >= 0.6 is 0 Å². The lowest BCUT2D eigenvalue weighted by molar-refractivity contribution is 0.0735. The maximum Gasteiger partial charge on any atom is 0.261 e. The normalized spacial score (nSPS) is 16.4. The van der Waals surface area contributed by atoms with E-state index in [-0.39, 0.29) is 16.8 Å². The van der Waals surface area contributed by atoms with Gasteiger partial charge in [0.2, 0.25) is 0 Å². The van der Waals surface area contributed by atoms with Crippen molar-refractivity contribution >= 4 is 21.6 Å². The topological polar surface area (TPSA) is 66.5 Å². The molecule has 6 heteroatoms. The number of anilines is 1. The van der Waals surface area contributed by atoms with Crippen LogP contribution < -0.4 is 4.72 Å². The van der Waals surface area contributed by atoms with Crippen molar-refractivity contribution in [2.45, 2.75) is 30.7 Å². The van der Waals surface area contributed by atoms with Crippen LogP contribution in [0.1, 0.15) is 40.4 Å². The fraction of sp³-hybridized carbons (Fsp3) is 0.208. The Morgan fingerprint density at radius 3 is 2.30 bits per heavy atom. The molecule has 0 aliphatic carbocycles. The van der Waals surface area contributed by atoms with E-state index in [1.165, 1.54) is 23.3 Å². The minimum atomic E-state index is -3.71. The van der Waals surface area contributed by atoms with Gasteiger partial charge in [0.25, 0.3) is 15.9 Å². The van der Waals surface area contributed by atoms with Crippen LogP contribution in [0.4, 0.5) is 5.69 Å². The molecule has 1 aliphatic rings. The predicted octanol–water partition coefficient (Wildman–Crippen LogP) is 4.77. The molecule has 1 atom stereocenters. The first-order valence-corrected chi connectivity index (χ1v) is 11.5. The highest BCUT2D eigenvalue weighted by atomic mass is 32.2. The van der Waals surface area contributed by atoms with Crippen LogP contribution in [0.2, 0.25) is 0 Å². The molecule has 1 heterocycles. The Morgan fingerprint density at radius 2 is 1.60 bits per heavy atom. The number of carbonyl (C=O) groups is 1. The van der Waals surface area contributed by atoms with Gasteiger partial charge in [-0.2, -0.15) is 0 Å². The Balaban J connectivity index is 1.54. The van der Waals surface area contributed by atoms with E-state index in [0.717, 1.165) is 12.8 Å². The third kappa shape index (κ3) is 4.09. The SMILES string of the molecule is Cc1ccccc1C1CCCN1C(=O)c1ccc(S(=O)(=O)Nc2ccccc2)cc1. The van der Waals surface area contributed by atoms with E-state index in [1.807, 2.05) is 23.1 Å². The lowest BCUT2D eigenvalue weighted by atomic mass is 9.99. The molecule has 1 N–H and O–H groups in total. The van der Waals surface area contributed by atoms with Crippen molar-refractivity contribution in [1.82, 2.24) is 4.90 Å². The molecule has 154 valence electrons. The monoisotopic (exact) mass is 420 g/mol. The molecule has 0 spiro atoms. The van der Waals surface area contributed by atoms with E-state index in [4.69, 9.17) is 0 Å². The molecule has 0 aromatic heterocycles. The van der Waals surface area contributed by atoms with Gasteiger partial charge in [0.05, 0.1) is 10.9 Å². The smallest absolute Gasteiger partial charge is 0.261 e. The van der Waals surface area contributed by atoms with Crippen molar-refractivity contribution in [2.75, 3.05) is 11.3 Å². The van der Waals surface area contributed by atoms with Crippen molar-refractivity contribution in [3.63, 3.8) is 0 Å². The quantitative estimate of drug-likeness (QED) is 0.646. The molecule has 3 aromatic carbocycles. The van der Waals surface area contributed by atoms with Gasteiger partial charge in [0.15, 0.2) is 0 Å². The van der Waals surface area contributed by atoms with E-state index in [9.17, 15) is 13.2 Å². The first kappa shape index (κ1) is 20.2. The number of rotatable bonds is 5. The molecule has 0 radical (unpaired) electrons. The van der Waals surface area contributed by atoms with Crippen molar-refractivity contribution < 1.29 is 13.2 Å². The summed E-state index contributed by atoms with van der Waals surface area (Å²) in [7, 11) is -3.71. The summed E-state index contributed by atoms with van der Waals surface area (Å²) < 4.78 is 27.8. The van der Waals surface area contributed by atoms with E-state index in [2.05, 4.69) is 23.8 Å². The molecule has 0 bridgehead atoms. The minimum absolute atomic E-state index is 0.0573. The summed E-state index contributed by atoms with van der Waals surface area (Å²) in [5.41, 5.74) is 3.34. The number of hydrogen-bond acceptors (Lipinski definition) is 3. The first-order chi connectivity index (χ1) is 14.5. The highest BCUT2D eigenvalue weighted by Gasteiger charge is 2.31. The van der Waals surface area contributed by atoms with Crippen LogP contribution in [0.5, 0.6) is 0 Å². The Labute approximate surface area is 177 Å². The number of nitrogens with one attached hydrogen (secondary N) is 1. The predicted molar refractivity (Wildman–Crippen MR) is 118 cm³/mol. The van der Waals surface area contributed by atoms with Crippen LogP contribution in [0.25, 0.3) is 0 Å². The van der Waals surface area contributed by atoms with Crippen molar-refractivity contribution in [3.05, 3.63) is 95.6 Å². The minimum Gasteiger partial charge on any atom is -0.332 e. The van der Waals surface area contributed by atoms with Crippen molar-refractivity contribution in [1.29, 1.82) is 0 Å². The fourth-order valence-electron chi connectivity index (χ4n) is 3.96. The van der Waals surface area contributed by atoms with Gasteiger partial charge in [-0.25, -0.2) is 8.42 Å². The molecule has 0 saturated carbocycles. The first-order valence-electron chi connectivity index (χ1n) is 10.0. The zero-order valence-corrected chi connectivity index (χ0v) is 17.6. The molecule has 30 heavy (non-hydrogen) atoms. The van der Waals surface area contributed by atoms with Crippen LogP contribution in [0.15, 0.2) is 83.8 Å². The lowest BCUT2D eigenvalue weighted by Crippen LogP contribution is -2.30. The second kappa shape index (κ2) is 8.32. The number of sulfonamides is 1. The van der Waals surface area contributed by atoms with Gasteiger partial charge in [-0.15, -0.1) is 0 Å². The van der Waals surface area contributed by atoms with Gasteiger partial charge in [-0.1, -0.05) is 42.5 Å². The number of benzene rings is 3. The summed E-state index contributed by atoms with van der Waals surface area (Å²) in [5, 5.41) is 0. The number of amides is 1. The molecule has 1 saturated heterocycles. The zero-order chi connectivity index (χ0) is 21.1. The van der Waals surface area contributed by atoms with Gasteiger partial charge in [-0.05, 0) is 67.3 Å². The number of carbonyl (C=O) groups excluding carboxylic acids is 1. The van der Waals surface area contributed by atoms with Crippen LogP contribution in [0.3, 0.4) is 0 Å². The maximum absolute atomic E-state index is 13.2. The Kier molecular flexibility index (Phi) is 5.59. The molecule has 5 nitrogen and oxygen atoms in total. The van der Waals surface area contributed by atoms with E-state index >= 15 is 0 Å². The van der Waals surface area contributed by atoms with Gasteiger partial charge in [0.1, 0.15) is 0 Å². The van der Waals surface area contributed by atoms with Crippen molar-refractivity contribution in [3.8, 4) is 0 Å². The summed E-state index contributed by atoms with van der Waals surface area (Å²) in [6, 6.07) is 23.1. The number of aryl methyl sites for hydroxylation is 1. The second-order valence-electron chi connectivity index (χ2n) is 7.51. The lowest BCUT2D eigenvalue weighted by Gasteiger charge is -2.26. The van der Waals surface area contributed by atoms with Crippen molar-refractivity contribution in [2.24, 2.45) is 0 Å². The summed E-state index contributed by atoms with van der Waals surface area (Å²) in [5.74, 6) is -0.0688. The molecule has 1 aliphatic heterocycles. The highest BCUT2D eigenvalue weighted by molar-refractivity contribution is 7.92. The molecule has 4 rings (SSSR count). The van der Waals surface area contributed by atoms with Crippen LogP contribution in [-0.2, 0) is 10.0 Å². The molecule has 1 fully saturated rings. The average Bonchev–Trinajstić information content (AvgIpc) is 3.24. The number of likely N-dealkylation sites (tertiary alicyclic amines) is 1. The summed E-state index contributed by atoms with van der Waals surface area (Å²) in [6.07, 6.45) is 1.89. The molecule has 1 amide bonds. The standard InChI is InChI=1S/C24H24N2O3S/c1-18-8-5-6-11-22(18)23-12-7-17-26(23)24(27)19-13-15-21(16-14-19)30(28,29)25-20-9-3-2-4-10-20/h2-6,8-11,13-16,23,25H,7,12,17H2,1H3. The van der Waals surface area contributed by atoms with Gasteiger partial charge < -0.3 is 4.90 Å². The van der Waals surface area contributed by atoms with Gasteiger partial charge in [0, 0.05) is 17.8 Å². The Morgan fingerprint density at radius 1 is 0.933 bits per heavy atom. The zero-order valence-electron chi connectivity index (χ0n) is 16.8.